The number of allylic oxidation sites excluding steroid dienone is 2. The summed E-state index contributed by atoms with van der Waals surface area (Å²) >= 11 is 0. The summed E-state index contributed by atoms with van der Waals surface area (Å²) < 4.78 is 0. The second kappa shape index (κ2) is 5.84. The molecule has 0 heterocycles. The molecule has 14 heavy (non-hydrogen) atoms. The summed E-state index contributed by atoms with van der Waals surface area (Å²) in [7, 11) is 0. The highest BCUT2D eigenvalue weighted by molar-refractivity contribution is 5.86. The minimum Gasteiger partial charge on any atom is -0.411 e. The molecule has 1 N–H and O–H groups in total. The van der Waals surface area contributed by atoms with Gasteiger partial charge >= 0.3 is 0 Å². The van der Waals surface area contributed by atoms with Gasteiger partial charge in [-0.25, -0.2) is 0 Å². The van der Waals surface area contributed by atoms with Crippen LogP contribution in [-0.4, -0.2) is 10.9 Å². The largest absolute Gasteiger partial charge is 0.411 e. The first-order valence-corrected chi connectivity index (χ1v) is 5.58. The predicted molar refractivity (Wildman–Crippen MR) is 59.8 cm³/mol. The normalized spacial score (nSPS) is 25.0. The zero-order chi connectivity index (χ0) is 10.4. The van der Waals surface area contributed by atoms with Crippen LogP contribution in [0.15, 0.2) is 16.8 Å². The molecule has 0 aromatic rings. The van der Waals surface area contributed by atoms with E-state index in [1.807, 2.05) is 0 Å². The van der Waals surface area contributed by atoms with Crippen LogP contribution in [0.3, 0.4) is 0 Å². The minimum absolute atomic E-state index is 0.532. The number of hydrogen-bond donors (Lipinski definition) is 1. The molecule has 0 spiro atoms. The summed E-state index contributed by atoms with van der Waals surface area (Å²) in [6.45, 7) is 4.25. The lowest BCUT2D eigenvalue weighted by molar-refractivity contribution is 0.307. The number of oxime groups is 1. The lowest BCUT2D eigenvalue weighted by atomic mass is 9.84. The van der Waals surface area contributed by atoms with Gasteiger partial charge in [-0.15, -0.1) is 0 Å². The van der Waals surface area contributed by atoms with E-state index in [4.69, 9.17) is 5.21 Å². The molecular formula is C12H21NO. The van der Waals surface area contributed by atoms with Crippen LogP contribution in [0.4, 0.5) is 0 Å². The third kappa shape index (κ3) is 3.52. The second-order valence-electron chi connectivity index (χ2n) is 4.39. The maximum atomic E-state index is 8.84. The minimum atomic E-state index is 0.532. The highest BCUT2D eigenvalue weighted by Gasteiger charge is 2.19. The van der Waals surface area contributed by atoms with Crippen molar-refractivity contribution in [2.24, 2.45) is 11.1 Å². The van der Waals surface area contributed by atoms with Gasteiger partial charge in [0.05, 0.1) is 5.71 Å². The first-order valence-electron chi connectivity index (χ1n) is 5.58. The van der Waals surface area contributed by atoms with E-state index in [1.54, 1.807) is 0 Å². The van der Waals surface area contributed by atoms with Crippen molar-refractivity contribution in [1.82, 2.24) is 0 Å². The van der Waals surface area contributed by atoms with Gasteiger partial charge in [0.2, 0.25) is 0 Å². The van der Waals surface area contributed by atoms with E-state index in [2.05, 4.69) is 25.1 Å². The third-order valence-corrected chi connectivity index (χ3v) is 2.90. The zero-order valence-corrected chi connectivity index (χ0v) is 9.29. The molecule has 0 amide bonds. The van der Waals surface area contributed by atoms with Crippen molar-refractivity contribution in [3.63, 3.8) is 0 Å². The third-order valence-electron chi connectivity index (χ3n) is 2.90. The van der Waals surface area contributed by atoms with Crippen molar-refractivity contribution in [3.8, 4) is 0 Å². The molecule has 1 aliphatic carbocycles. The molecule has 1 atom stereocenters. The average molecular weight is 195 g/mol. The summed E-state index contributed by atoms with van der Waals surface area (Å²) in [5, 5.41) is 12.3. The van der Waals surface area contributed by atoms with Crippen molar-refractivity contribution >= 4 is 5.71 Å². The Morgan fingerprint density at radius 2 is 2.29 bits per heavy atom. The Labute approximate surface area is 86.7 Å². The van der Waals surface area contributed by atoms with E-state index in [0.717, 1.165) is 25.0 Å². The monoisotopic (exact) mass is 195 g/mol. The van der Waals surface area contributed by atoms with Crippen molar-refractivity contribution in [3.05, 3.63) is 11.6 Å². The number of rotatable bonds is 3. The highest BCUT2D eigenvalue weighted by atomic mass is 16.4. The molecule has 1 aliphatic rings. The SMILES string of the molecule is CC(C)=CCCC1CCCC/C1=N/O. The Kier molecular flexibility index (Phi) is 4.71. The van der Waals surface area contributed by atoms with E-state index in [-0.39, 0.29) is 0 Å². The molecule has 1 fully saturated rings. The molecule has 1 saturated carbocycles. The van der Waals surface area contributed by atoms with Gasteiger partial charge in [0.1, 0.15) is 0 Å². The van der Waals surface area contributed by atoms with E-state index in [9.17, 15) is 0 Å². The first-order chi connectivity index (χ1) is 6.74. The van der Waals surface area contributed by atoms with Gasteiger partial charge in [0.25, 0.3) is 0 Å². The zero-order valence-electron chi connectivity index (χ0n) is 9.29. The summed E-state index contributed by atoms with van der Waals surface area (Å²) in [5.41, 5.74) is 2.40. The standard InChI is InChI=1S/C12H21NO/c1-10(2)6-5-8-11-7-3-4-9-12(11)13-14/h6,11,14H,3-5,7-9H2,1-2H3/b13-12-. The van der Waals surface area contributed by atoms with Gasteiger partial charge in [-0.2, -0.15) is 0 Å². The molecule has 0 saturated heterocycles. The van der Waals surface area contributed by atoms with E-state index in [1.165, 1.54) is 24.8 Å². The Hall–Kier alpha value is -0.790. The summed E-state index contributed by atoms with van der Waals surface area (Å²) in [5.74, 6) is 0.532. The lowest BCUT2D eigenvalue weighted by Gasteiger charge is -2.22. The Morgan fingerprint density at radius 1 is 1.50 bits per heavy atom. The van der Waals surface area contributed by atoms with Gasteiger partial charge in [-0.1, -0.05) is 23.2 Å². The second-order valence-corrected chi connectivity index (χ2v) is 4.39. The fourth-order valence-electron chi connectivity index (χ4n) is 2.08. The van der Waals surface area contributed by atoms with Gasteiger partial charge < -0.3 is 5.21 Å². The highest BCUT2D eigenvalue weighted by Crippen LogP contribution is 2.25. The molecule has 2 heteroatoms. The molecular weight excluding hydrogens is 174 g/mol. The van der Waals surface area contributed by atoms with Crippen molar-refractivity contribution in [2.45, 2.75) is 52.4 Å². The van der Waals surface area contributed by atoms with E-state index >= 15 is 0 Å². The van der Waals surface area contributed by atoms with E-state index in [0.29, 0.717) is 5.92 Å². The molecule has 80 valence electrons. The maximum Gasteiger partial charge on any atom is 0.0601 e. The quantitative estimate of drug-likeness (QED) is 0.415. The Morgan fingerprint density at radius 3 is 2.93 bits per heavy atom. The first kappa shape index (κ1) is 11.3. The summed E-state index contributed by atoms with van der Waals surface area (Å²) in [6.07, 6.45) is 9.21. The fourth-order valence-corrected chi connectivity index (χ4v) is 2.08. The molecule has 1 rings (SSSR count). The van der Waals surface area contributed by atoms with Crippen LogP contribution in [0.1, 0.15) is 52.4 Å². The molecule has 2 nitrogen and oxygen atoms in total. The lowest BCUT2D eigenvalue weighted by Crippen LogP contribution is -2.19. The fraction of sp³-hybridized carbons (Fsp3) is 0.750. The van der Waals surface area contributed by atoms with Crippen LogP contribution >= 0.6 is 0 Å². The smallest absolute Gasteiger partial charge is 0.0601 e. The molecule has 0 radical (unpaired) electrons. The van der Waals surface area contributed by atoms with Crippen LogP contribution < -0.4 is 0 Å². The summed E-state index contributed by atoms with van der Waals surface area (Å²) in [6, 6.07) is 0. The summed E-state index contributed by atoms with van der Waals surface area (Å²) in [4.78, 5) is 0. The van der Waals surface area contributed by atoms with Gasteiger partial charge in [-0.05, 0) is 46.0 Å². The van der Waals surface area contributed by atoms with Crippen molar-refractivity contribution in [2.75, 3.05) is 0 Å². The molecule has 0 aromatic heterocycles. The van der Waals surface area contributed by atoms with E-state index < -0.39 is 0 Å². The molecule has 0 aromatic carbocycles. The maximum absolute atomic E-state index is 8.84. The Bertz CT molecular complexity index is 226. The van der Waals surface area contributed by atoms with Crippen LogP contribution in [0.25, 0.3) is 0 Å². The van der Waals surface area contributed by atoms with Crippen LogP contribution in [0, 0.1) is 5.92 Å². The molecule has 0 bridgehead atoms. The number of nitrogens with zero attached hydrogens (tertiary/aromatic N) is 1. The van der Waals surface area contributed by atoms with Crippen molar-refractivity contribution < 1.29 is 5.21 Å². The van der Waals surface area contributed by atoms with Gasteiger partial charge in [0.15, 0.2) is 0 Å². The molecule has 1 unspecified atom stereocenters. The Balaban J connectivity index is 2.38. The topological polar surface area (TPSA) is 32.6 Å². The number of hydrogen-bond acceptors (Lipinski definition) is 2. The predicted octanol–water partition coefficient (Wildman–Crippen LogP) is 3.75. The van der Waals surface area contributed by atoms with Gasteiger partial charge in [-0.3, -0.25) is 0 Å². The van der Waals surface area contributed by atoms with Crippen molar-refractivity contribution in [1.29, 1.82) is 0 Å². The van der Waals surface area contributed by atoms with Crippen LogP contribution in [-0.2, 0) is 0 Å². The van der Waals surface area contributed by atoms with Gasteiger partial charge in [0, 0.05) is 5.92 Å². The van der Waals surface area contributed by atoms with Crippen LogP contribution in [0.5, 0.6) is 0 Å². The average Bonchev–Trinajstić information content (AvgIpc) is 2.18. The molecule has 0 aliphatic heterocycles. The van der Waals surface area contributed by atoms with Crippen LogP contribution in [0.2, 0.25) is 0 Å².